The predicted molar refractivity (Wildman–Crippen MR) is 88.9 cm³/mol. The zero-order chi connectivity index (χ0) is 17.3. The number of carbonyl (C=O) groups is 1. The number of para-hydroxylation sites is 1. The highest BCUT2D eigenvalue weighted by Crippen LogP contribution is 2.23. The van der Waals surface area contributed by atoms with Crippen LogP contribution in [0.1, 0.15) is 27.2 Å². The number of amides is 1. The highest BCUT2D eigenvalue weighted by atomic mass is 16.6. The maximum Gasteiger partial charge on any atom is 0.285 e. The Morgan fingerprint density at radius 2 is 2.00 bits per heavy atom. The first-order valence-electron chi connectivity index (χ1n) is 7.43. The molecule has 3 rings (SSSR count). The van der Waals surface area contributed by atoms with Gasteiger partial charge in [-0.2, -0.15) is 0 Å². The van der Waals surface area contributed by atoms with Crippen LogP contribution in [0.2, 0.25) is 0 Å². The number of nitrogens with one attached hydrogen (secondary N) is 1. The van der Waals surface area contributed by atoms with Crippen molar-refractivity contribution in [2.75, 3.05) is 0 Å². The van der Waals surface area contributed by atoms with E-state index < -0.39 is 10.8 Å². The van der Waals surface area contributed by atoms with Crippen LogP contribution in [0.15, 0.2) is 42.7 Å². The fraction of sp³-hybridized carbons (Fsp3) is 0.176. The Morgan fingerprint density at radius 1 is 1.25 bits per heavy atom. The van der Waals surface area contributed by atoms with Gasteiger partial charge in [-0.05, 0) is 31.5 Å². The SMILES string of the molecule is Cc1cccc(C(=O)NCc2cn3cccc(C)c3n2)c1[N+](=O)[O-]. The summed E-state index contributed by atoms with van der Waals surface area (Å²) < 4.78 is 1.88. The number of aromatic nitrogens is 2. The average molecular weight is 324 g/mol. The number of carbonyl (C=O) groups excluding carboxylic acids is 1. The molecule has 0 aliphatic carbocycles. The summed E-state index contributed by atoms with van der Waals surface area (Å²) in [6, 6.07) is 8.57. The number of hydrogen-bond acceptors (Lipinski definition) is 4. The Bertz CT molecular complexity index is 946. The molecule has 0 aliphatic heterocycles. The number of fused-ring (bicyclic) bond motifs is 1. The summed E-state index contributed by atoms with van der Waals surface area (Å²) in [5, 5.41) is 13.9. The molecule has 1 aromatic carbocycles. The van der Waals surface area contributed by atoms with Gasteiger partial charge in [-0.3, -0.25) is 14.9 Å². The van der Waals surface area contributed by atoms with E-state index in [1.807, 2.05) is 35.9 Å². The van der Waals surface area contributed by atoms with Crippen molar-refractivity contribution in [3.63, 3.8) is 0 Å². The molecule has 0 bridgehead atoms. The van der Waals surface area contributed by atoms with Crippen LogP contribution in [-0.4, -0.2) is 20.2 Å². The Balaban J connectivity index is 1.82. The third-order valence-electron chi connectivity index (χ3n) is 3.82. The standard InChI is InChI=1S/C17H16N4O3/c1-11-5-3-7-14(15(11)21(23)24)17(22)18-9-13-10-20-8-4-6-12(2)16(20)19-13/h3-8,10H,9H2,1-2H3,(H,18,22). The first kappa shape index (κ1) is 15.7. The Kier molecular flexibility index (Phi) is 3.99. The molecule has 0 unspecified atom stereocenters. The number of nitro benzene ring substituents is 1. The van der Waals surface area contributed by atoms with Gasteiger partial charge >= 0.3 is 0 Å². The highest BCUT2D eigenvalue weighted by molar-refractivity contribution is 5.98. The second-order valence-electron chi connectivity index (χ2n) is 5.57. The summed E-state index contributed by atoms with van der Waals surface area (Å²) in [6.45, 7) is 3.77. The van der Waals surface area contributed by atoms with Crippen molar-refractivity contribution >= 4 is 17.2 Å². The van der Waals surface area contributed by atoms with E-state index in [9.17, 15) is 14.9 Å². The van der Waals surface area contributed by atoms with Gasteiger partial charge in [-0.1, -0.05) is 18.2 Å². The van der Waals surface area contributed by atoms with Crippen molar-refractivity contribution in [3.05, 3.63) is 75.2 Å². The van der Waals surface area contributed by atoms with Crippen LogP contribution in [0.3, 0.4) is 0 Å². The molecular formula is C17H16N4O3. The van der Waals surface area contributed by atoms with Gasteiger partial charge in [0.15, 0.2) is 0 Å². The van der Waals surface area contributed by atoms with Crippen molar-refractivity contribution in [1.82, 2.24) is 14.7 Å². The first-order valence-corrected chi connectivity index (χ1v) is 7.43. The van der Waals surface area contributed by atoms with Gasteiger partial charge in [0.05, 0.1) is 17.2 Å². The van der Waals surface area contributed by atoms with Gasteiger partial charge in [-0.25, -0.2) is 4.98 Å². The van der Waals surface area contributed by atoms with Crippen LogP contribution >= 0.6 is 0 Å². The topological polar surface area (TPSA) is 89.5 Å². The molecule has 2 heterocycles. The number of rotatable bonds is 4. The lowest BCUT2D eigenvalue weighted by molar-refractivity contribution is -0.385. The molecule has 24 heavy (non-hydrogen) atoms. The number of nitro groups is 1. The van der Waals surface area contributed by atoms with Crippen molar-refractivity contribution in [1.29, 1.82) is 0 Å². The van der Waals surface area contributed by atoms with Crippen molar-refractivity contribution in [3.8, 4) is 0 Å². The quantitative estimate of drug-likeness (QED) is 0.590. The Morgan fingerprint density at radius 3 is 2.71 bits per heavy atom. The number of nitrogens with zero attached hydrogens (tertiary/aromatic N) is 3. The van der Waals surface area contributed by atoms with E-state index in [1.165, 1.54) is 6.07 Å². The first-order chi connectivity index (χ1) is 11.5. The predicted octanol–water partition coefficient (Wildman–Crippen LogP) is 2.79. The van der Waals surface area contributed by atoms with Crippen molar-refractivity contribution < 1.29 is 9.72 Å². The number of aryl methyl sites for hydroxylation is 2. The summed E-state index contributed by atoms with van der Waals surface area (Å²) in [4.78, 5) is 27.5. The van der Waals surface area contributed by atoms with Gasteiger partial charge in [0.1, 0.15) is 11.2 Å². The van der Waals surface area contributed by atoms with Gasteiger partial charge in [-0.15, -0.1) is 0 Å². The minimum atomic E-state index is -0.529. The molecule has 7 nitrogen and oxygen atoms in total. The molecule has 0 saturated carbocycles. The van der Waals surface area contributed by atoms with Crippen LogP contribution < -0.4 is 5.32 Å². The lowest BCUT2D eigenvalue weighted by Crippen LogP contribution is -2.24. The molecule has 2 aromatic heterocycles. The largest absolute Gasteiger partial charge is 0.346 e. The molecule has 0 fully saturated rings. The van der Waals surface area contributed by atoms with Gasteiger partial charge in [0.25, 0.3) is 11.6 Å². The Hall–Kier alpha value is -3.22. The van der Waals surface area contributed by atoms with Crippen LogP contribution in [0.4, 0.5) is 5.69 Å². The van der Waals surface area contributed by atoms with E-state index in [2.05, 4.69) is 10.3 Å². The maximum atomic E-state index is 12.3. The van der Waals surface area contributed by atoms with E-state index in [4.69, 9.17) is 0 Å². The van der Waals surface area contributed by atoms with E-state index >= 15 is 0 Å². The number of imidazole rings is 1. The van der Waals surface area contributed by atoms with E-state index in [0.29, 0.717) is 11.3 Å². The molecule has 3 aromatic rings. The fourth-order valence-electron chi connectivity index (χ4n) is 2.64. The average Bonchev–Trinajstić information content (AvgIpc) is 2.96. The van der Waals surface area contributed by atoms with Crippen molar-refractivity contribution in [2.45, 2.75) is 20.4 Å². The second kappa shape index (κ2) is 6.11. The number of hydrogen-bond donors (Lipinski definition) is 1. The lowest BCUT2D eigenvalue weighted by Gasteiger charge is -2.05. The minimum absolute atomic E-state index is 0.0555. The third kappa shape index (κ3) is 2.83. The summed E-state index contributed by atoms with van der Waals surface area (Å²) in [5.41, 5.74) is 2.89. The molecular weight excluding hydrogens is 308 g/mol. The summed E-state index contributed by atoms with van der Waals surface area (Å²) in [5.74, 6) is -0.487. The van der Waals surface area contributed by atoms with Crippen LogP contribution in [-0.2, 0) is 6.54 Å². The van der Waals surface area contributed by atoms with Crippen molar-refractivity contribution in [2.24, 2.45) is 0 Å². The zero-order valence-corrected chi connectivity index (χ0v) is 13.3. The second-order valence-corrected chi connectivity index (χ2v) is 5.57. The van der Waals surface area contributed by atoms with Crippen LogP contribution in [0.25, 0.3) is 5.65 Å². The van der Waals surface area contributed by atoms with E-state index in [0.717, 1.165) is 11.2 Å². The molecule has 0 aliphatic rings. The fourth-order valence-corrected chi connectivity index (χ4v) is 2.64. The normalized spacial score (nSPS) is 10.8. The van der Waals surface area contributed by atoms with E-state index in [-0.39, 0.29) is 17.8 Å². The smallest absolute Gasteiger partial charge is 0.285 e. The maximum absolute atomic E-state index is 12.3. The van der Waals surface area contributed by atoms with Gasteiger partial charge in [0.2, 0.25) is 0 Å². The summed E-state index contributed by atoms with van der Waals surface area (Å²) in [6.07, 6.45) is 3.71. The molecule has 122 valence electrons. The molecule has 0 atom stereocenters. The van der Waals surface area contributed by atoms with Crippen LogP contribution in [0.5, 0.6) is 0 Å². The van der Waals surface area contributed by atoms with E-state index in [1.54, 1.807) is 19.1 Å². The summed E-state index contributed by atoms with van der Waals surface area (Å²) >= 11 is 0. The van der Waals surface area contributed by atoms with Crippen LogP contribution in [0, 0.1) is 24.0 Å². The molecule has 1 N–H and O–H groups in total. The minimum Gasteiger partial charge on any atom is -0.346 e. The Labute approximate surface area is 138 Å². The summed E-state index contributed by atoms with van der Waals surface area (Å²) in [7, 11) is 0. The molecule has 7 heteroatoms. The molecule has 0 spiro atoms. The number of benzene rings is 1. The lowest BCUT2D eigenvalue weighted by atomic mass is 10.1. The third-order valence-corrected chi connectivity index (χ3v) is 3.82. The monoisotopic (exact) mass is 324 g/mol. The zero-order valence-electron chi connectivity index (χ0n) is 13.3. The molecule has 0 saturated heterocycles. The molecule has 0 radical (unpaired) electrons. The van der Waals surface area contributed by atoms with Gasteiger partial charge < -0.3 is 9.72 Å². The molecule has 1 amide bonds. The van der Waals surface area contributed by atoms with Gasteiger partial charge in [0, 0.05) is 18.0 Å². The number of pyridine rings is 1. The highest BCUT2D eigenvalue weighted by Gasteiger charge is 2.22.